The Hall–Kier alpha value is -3.89. The largest absolute Gasteiger partial charge is 0.508 e. The van der Waals surface area contributed by atoms with E-state index in [1.165, 1.54) is 6.08 Å². The molecule has 1 atom stereocenters. The summed E-state index contributed by atoms with van der Waals surface area (Å²) in [4.78, 5) is 30.8. The van der Waals surface area contributed by atoms with Crippen LogP contribution in [0.25, 0.3) is 10.8 Å². The summed E-state index contributed by atoms with van der Waals surface area (Å²) in [6.45, 7) is 10.9. The molecule has 0 spiro atoms. The van der Waals surface area contributed by atoms with Crippen LogP contribution >= 0.6 is 0 Å². The van der Waals surface area contributed by atoms with Crippen molar-refractivity contribution in [1.29, 1.82) is 0 Å². The van der Waals surface area contributed by atoms with Crippen LogP contribution in [0.2, 0.25) is 0 Å². The summed E-state index contributed by atoms with van der Waals surface area (Å²) < 4.78 is 11.8. The number of benzene rings is 2. The zero-order valence-electron chi connectivity index (χ0n) is 24.4. The summed E-state index contributed by atoms with van der Waals surface area (Å²) in [5, 5.41) is 12.6. The van der Waals surface area contributed by atoms with Gasteiger partial charge in [-0.1, -0.05) is 30.8 Å². The van der Waals surface area contributed by atoms with Gasteiger partial charge in [0.2, 0.25) is 5.91 Å². The third kappa shape index (κ3) is 6.00. The number of phenols is 1. The van der Waals surface area contributed by atoms with Gasteiger partial charge in [-0.05, 0) is 43.3 Å². The zero-order valence-corrected chi connectivity index (χ0v) is 24.4. The van der Waals surface area contributed by atoms with E-state index in [0.29, 0.717) is 45.3 Å². The number of methoxy groups -OCH3 is 1. The number of carbonyl (C=O) groups excluding carboxylic acids is 1. The monoisotopic (exact) mass is 572 g/mol. The first-order valence-corrected chi connectivity index (χ1v) is 14.9. The Morgan fingerprint density at radius 3 is 2.74 bits per heavy atom. The van der Waals surface area contributed by atoms with E-state index in [1.807, 2.05) is 29.2 Å². The zero-order chi connectivity index (χ0) is 29.1. The molecule has 2 fully saturated rings. The number of likely N-dealkylation sites (tertiary alicyclic amines) is 1. The van der Waals surface area contributed by atoms with Crippen molar-refractivity contribution in [2.75, 3.05) is 75.9 Å². The second-order valence-corrected chi connectivity index (χ2v) is 11.3. The number of anilines is 2. The number of piperazine rings is 1. The molecule has 222 valence electrons. The first-order valence-electron chi connectivity index (χ1n) is 14.9. The topological polar surface area (TPSA) is 94.5 Å². The summed E-state index contributed by atoms with van der Waals surface area (Å²) in [5.74, 6) is 1.12. The van der Waals surface area contributed by atoms with Crippen LogP contribution in [0.5, 0.6) is 11.8 Å². The van der Waals surface area contributed by atoms with Gasteiger partial charge in [-0.2, -0.15) is 9.97 Å². The van der Waals surface area contributed by atoms with E-state index >= 15 is 0 Å². The highest BCUT2D eigenvalue weighted by atomic mass is 16.5. The molecule has 1 amide bonds. The molecule has 1 aromatic heterocycles. The number of nitrogens with zero attached hydrogens (tertiary/aromatic N) is 6. The van der Waals surface area contributed by atoms with E-state index in [4.69, 9.17) is 19.4 Å². The van der Waals surface area contributed by atoms with Crippen molar-refractivity contribution in [3.8, 4) is 11.8 Å². The van der Waals surface area contributed by atoms with E-state index in [9.17, 15) is 9.90 Å². The van der Waals surface area contributed by atoms with Crippen LogP contribution in [-0.2, 0) is 22.5 Å². The Morgan fingerprint density at radius 1 is 1.10 bits per heavy atom. The molecule has 2 aromatic carbocycles. The molecule has 3 aromatic rings. The summed E-state index contributed by atoms with van der Waals surface area (Å²) in [7, 11) is 1.78. The van der Waals surface area contributed by atoms with Crippen molar-refractivity contribution < 1.29 is 19.4 Å². The number of fused-ring (bicyclic) bond motifs is 2. The average Bonchev–Trinajstić information content (AvgIpc) is 3.03. The lowest BCUT2D eigenvalue weighted by Crippen LogP contribution is -2.49. The Labute approximate surface area is 247 Å². The molecule has 3 aliphatic rings. The lowest BCUT2D eigenvalue weighted by atomic mass is 10.0. The molecule has 0 unspecified atom stereocenters. The quantitative estimate of drug-likeness (QED) is 0.409. The van der Waals surface area contributed by atoms with Gasteiger partial charge in [0.1, 0.15) is 18.2 Å². The minimum atomic E-state index is -0.0363. The van der Waals surface area contributed by atoms with E-state index in [1.54, 1.807) is 13.2 Å². The fourth-order valence-electron chi connectivity index (χ4n) is 6.40. The van der Waals surface area contributed by atoms with Gasteiger partial charge >= 0.3 is 6.01 Å². The smallest absolute Gasteiger partial charge is 0.318 e. The lowest BCUT2D eigenvalue weighted by Gasteiger charge is -2.38. The highest BCUT2D eigenvalue weighted by Gasteiger charge is 2.29. The Balaban J connectivity index is 1.25. The maximum Gasteiger partial charge on any atom is 0.318 e. The third-order valence-electron chi connectivity index (χ3n) is 8.69. The van der Waals surface area contributed by atoms with Gasteiger partial charge in [0.05, 0.1) is 18.3 Å². The van der Waals surface area contributed by atoms with Gasteiger partial charge in [-0.15, -0.1) is 0 Å². The molecule has 1 N–H and O–H groups in total. The second kappa shape index (κ2) is 12.5. The first kappa shape index (κ1) is 28.2. The maximum absolute atomic E-state index is 12.2. The third-order valence-corrected chi connectivity index (χ3v) is 8.69. The number of amides is 1. The van der Waals surface area contributed by atoms with Gasteiger partial charge in [-0.25, -0.2) is 0 Å². The van der Waals surface area contributed by atoms with Crippen LogP contribution in [-0.4, -0.2) is 103 Å². The maximum atomic E-state index is 12.2. The summed E-state index contributed by atoms with van der Waals surface area (Å²) in [6.07, 6.45) is 4.65. The molecule has 3 aliphatic heterocycles. The highest BCUT2D eigenvalue weighted by Crippen LogP contribution is 2.36. The van der Waals surface area contributed by atoms with Crippen LogP contribution in [0, 0.1) is 0 Å². The second-order valence-electron chi connectivity index (χ2n) is 11.3. The Morgan fingerprint density at radius 2 is 1.93 bits per heavy atom. The standard InChI is InChI=1S/C32H40N6O4/c1-3-30(40)36-13-15-37(16-14-36)31-27-10-12-38(29-20-24(39)19-23-7-4-5-9-26(23)29)22-28(27)33-32(34-31)42-18-17-35-11-6-8-25(21-35)41-2/h3-5,7,9,19-20,25,39H,1,6,8,10-18,21-22H2,2H3/t25-/m0/s1. The van der Waals surface area contributed by atoms with Crippen molar-refractivity contribution in [3.05, 3.63) is 60.3 Å². The molecule has 6 rings (SSSR count). The van der Waals surface area contributed by atoms with Gasteiger partial charge in [0, 0.05) is 75.6 Å². The van der Waals surface area contributed by atoms with Gasteiger partial charge < -0.3 is 29.3 Å². The Bertz CT molecular complexity index is 1440. The Kier molecular flexibility index (Phi) is 8.43. The van der Waals surface area contributed by atoms with Crippen molar-refractivity contribution in [1.82, 2.24) is 19.8 Å². The van der Waals surface area contributed by atoms with Crippen molar-refractivity contribution in [3.63, 3.8) is 0 Å². The van der Waals surface area contributed by atoms with E-state index < -0.39 is 0 Å². The predicted octanol–water partition coefficient (Wildman–Crippen LogP) is 3.22. The first-order chi connectivity index (χ1) is 20.5. The highest BCUT2D eigenvalue weighted by molar-refractivity contribution is 5.95. The summed E-state index contributed by atoms with van der Waals surface area (Å²) in [6, 6.07) is 12.2. The molecule has 0 aliphatic carbocycles. The molecule has 0 bridgehead atoms. The number of hydrogen-bond acceptors (Lipinski definition) is 9. The predicted molar refractivity (Wildman–Crippen MR) is 163 cm³/mol. The molecular weight excluding hydrogens is 532 g/mol. The summed E-state index contributed by atoms with van der Waals surface area (Å²) >= 11 is 0. The van der Waals surface area contributed by atoms with Crippen LogP contribution in [0.15, 0.2) is 49.1 Å². The van der Waals surface area contributed by atoms with Crippen molar-refractivity contribution >= 4 is 28.2 Å². The van der Waals surface area contributed by atoms with Crippen LogP contribution in [0.1, 0.15) is 24.1 Å². The molecule has 2 saturated heterocycles. The molecular formula is C32H40N6O4. The number of piperidine rings is 1. The average molecular weight is 573 g/mol. The SMILES string of the molecule is C=CC(=O)N1CCN(c2nc(OCCN3CCC[C@H](OC)C3)nc3c2CCN(c2cc(O)cc4ccccc24)C3)CC1. The fraction of sp³-hybridized carbons (Fsp3) is 0.469. The number of hydrogen-bond donors (Lipinski definition) is 1. The van der Waals surface area contributed by atoms with Crippen molar-refractivity contribution in [2.24, 2.45) is 0 Å². The summed E-state index contributed by atoms with van der Waals surface area (Å²) in [5.41, 5.74) is 3.06. The molecule has 0 saturated carbocycles. The fourth-order valence-corrected chi connectivity index (χ4v) is 6.40. The molecule has 0 radical (unpaired) electrons. The van der Waals surface area contributed by atoms with Crippen molar-refractivity contribution in [2.45, 2.75) is 31.9 Å². The van der Waals surface area contributed by atoms with Gasteiger partial charge in [0.15, 0.2) is 0 Å². The van der Waals surface area contributed by atoms with Crippen LogP contribution in [0.4, 0.5) is 11.5 Å². The number of carbonyl (C=O) groups is 1. The molecule has 42 heavy (non-hydrogen) atoms. The van der Waals surface area contributed by atoms with E-state index in [0.717, 1.165) is 79.0 Å². The lowest BCUT2D eigenvalue weighted by molar-refractivity contribution is -0.126. The minimum absolute atomic E-state index is 0.0363. The van der Waals surface area contributed by atoms with Gasteiger partial charge in [0.25, 0.3) is 0 Å². The van der Waals surface area contributed by atoms with E-state index in [-0.39, 0.29) is 17.8 Å². The van der Waals surface area contributed by atoms with Crippen LogP contribution < -0.4 is 14.5 Å². The normalized spacial score (nSPS) is 19.5. The molecule has 4 heterocycles. The molecule has 10 nitrogen and oxygen atoms in total. The number of ether oxygens (including phenoxy) is 2. The number of rotatable bonds is 8. The molecule has 10 heteroatoms. The number of aromatic hydroxyl groups is 1. The number of aromatic nitrogens is 2. The van der Waals surface area contributed by atoms with E-state index in [2.05, 4.69) is 27.3 Å². The number of phenolic OH excluding ortho intramolecular Hbond substituents is 1. The van der Waals surface area contributed by atoms with Gasteiger partial charge in [-0.3, -0.25) is 9.69 Å². The van der Waals surface area contributed by atoms with Crippen LogP contribution in [0.3, 0.4) is 0 Å². The minimum Gasteiger partial charge on any atom is -0.508 e.